The van der Waals surface area contributed by atoms with Crippen LogP contribution in [0.15, 0.2) is 0 Å². The fourth-order valence-electron chi connectivity index (χ4n) is 3.51. The Morgan fingerprint density at radius 1 is 1.27 bits per heavy atom. The van der Waals surface area contributed by atoms with Crippen LogP contribution in [-0.4, -0.2) is 13.1 Å². The van der Waals surface area contributed by atoms with Crippen LogP contribution in [-0.2, 0) is 0 Å². The molecule has 3 unspecified atom stereocenters. The maximum Gasteiger partial charge on any atom is 0.00110 e. The van der Waals surface area contributed by atoms with Crippen LogP contribution in [0.5, 0.6) is 0 Å². The summed E-state index contributed by atoms with van der Waals surface area (Å²) in [6.45, 7) is 2.64. The van der Waals surface area contributed by atoms with Crippen LogP contribution in [0.3, 0.4) is 0 Å². The minimum Gasteiger partial charge on any atom is -0.316 e. The Morgan fingerprint density at radius 2 is 2.27 bits per heavy atom. The summed E-state index contributed by atoms with van der Waals surface area (Å²) in [7, 11) is 0. The Bertz CT molecular complexity index is 170. The second-order valence-corrected chi connectivity index (χ2v) is 4.78. The fourth-order valence-corrected chi connectivity index (χ4v) is 3.51. The van der Waals surface area contributed by atoms with Gasteiger partial charge in [-0.3, -0.25) is 0 Å². The van der Waals surface area contributed by atoms with Gasteiger partial charge in [0.15, 0.2) is 0 Å². The van der Waals surface area contributed by atoms with E-state index in [1.807, 2.05) is 0 Å². The van der Waals surface area contributed by atoms with E-state index < -0.39 is 0 Å². The predicted octanol–water partition coefficient (Wildman–Crippen LogP) is 1.79. The summed E-state index contributed by atoms with van der Waals surface area (Å²) >= 11 is 0. The summed E-state index contributed by atoms with van der Waals surface area (Å²) in [5, 5.41) is 3.54. The van der Waals surface area contributed by atoms with E-state index in [1.165, 1.54) is 32.4 Å². The van der Waals surface area contributed by atoms with Gasteiger partial charge < -0.3 is 5.32 Å². The Balaban J connectivity index is 1.84. The van der Waals surface area contributed by atoms with Crippen LogP contribution < -0.4 is 5.32 Å². The highest BCUT2D eigenvalue weighted by Crippen LogP contribution is 2.61. The molecule has 3 aliphatic rings. The summed E-state index contributed by atoms with van der Waals surface area (Å²) in [6.07, 6.45) is 7.65. The molecular formula is C10H17N. The zero-order valence-electron chi connectivity index (χ0n) is 7.10. The van der Waals surface area contributed by atoms with Gasteiger partial charge in [-0.2, -0.15) is 0 Å². The monoisotopic (exact) mass is 151 g/mol. The van der Waals surface area contributed by atoms with E-state index in [4.69, 9.17) is 0 Å². The molecule has 62 valence electrons. The molecule has 1 nitrogen and oxygen atoms in total. The van der Waals surface area contributed by atoms with Gasteiger partial charge in [-0.25, -0.2) is 0 Å². The van der Waals surface area contributed by atoms with Crippen molar-refractivity contribution in [2.45, 2.75) is 32.1 Å². The highest BCUT2D eigenvalue weighted by molar-refractivity contribution is 5.06. The average molecular weight is 151 g/mol. The van der Waals surface area contributed by atoms with E-state index in [0.717, 1.165) is 17.3 Å². The molecule has 3 fully saturated rings. The van der Waals surface area contributed by atoms with Crippen molar-refractivity contribution < 1.29 is 0 Å². The fraction of sp³-hybridized carbons (Fsp3) is 1.00. The third kappa shape index (κ3) is 0.807. The van der Waals surface area contributed by atoms with Crippen molar-refractivity contribution in [3.63, 3.8) is 0 Å². The molecule has 2 saturated carbocycles. The minimum atomic E-state index is 0.795. The van der Waals surface area contributed by atoms with E-state index in [2.05, 4.69) is 5.32 Å². The smallest absolute Gasteiger partial charge is 0.00110 e. The Labute approximate surface area is 68.6 Å². The topological polar surface area (TPSA) is 12.0 Å². The van der Waals surface area contributed by atoms with Gasteiger partial charge in [-0.1, -0.05) is 12.8 Å². The number of hydrogen-bond donors (Lipinski definition) is 1. The van der Waals surface area contributed by atoms with E-state index in [9.17, 15) is 0 Å². The van der Waals surface area contributed by atoms with E-state index in [0.29, 0.717) is 0 Å². The molecule has 3 atom stereocenters. The third-order valence-corrected chi connectivity index (χ3v) is 4.24. The van der Waals surface area contributed by atoms with Crippen LogP contribution in [0.4, 0.5) is 0 Å². The Kier molecular flexibility index (Phi) is 1.18. The first-order valence-corrected chi connectivity index (χ1v) is 5.11. The van der Waals surface area contributed by atoms with Crippen LogP contribution >= 0.6 is 0 Å². The van der Waals surface area contributed by atoms with Gasteiger partial charge in [-0.15, -0.1) is 0 Å². The lowest BCUT2D eigenvalue weighted by atomic mass is 9.73. The van der Waals surface area contributed by atoms with Crippen molar-refractivity contribution in [1.82, 2.24) is 5.32 Å². The van der Waals surface area contributed by atoms with Crippen molar-refractivity contribution >= 4 is 0 Å². The minimum absolute atomic E-state index is 0.795. The van der Waals surface area contributed by atoms with Crippen molar-refractivity contribution in [3.8, 4) is 0 Å². The Hall–Kier alpha value is -0.0400. The van der Waals surface area contributed by atoms with Crippen molar-refractivity contribution in [2.75, 3.05) is 13.1 Å². The maximum absolute atomic E-state index is 3.54. The van der Waals surface area contributed by atoms with Crippen LogP contribution in [0, 0.1) is 17.3 Å². The highest BCUT2D eigenvalue weighted by atomic mass is 14.9. The van der Waals surface area contributed by atoms with Crippen LogP contribution in [0.25, 0.3) is 0 Å². The SMILES string of the molecule is C1CC2CC2C2(C1)CCNC2. The highest BCUT2D eigenvalue weighted by Gasteiger charge is 2.55. The molecule has 1 aliphatic heterocycles. The molecule has 0 amide bonds. The summed E-state index contributed by atoms with van der Waals surface area (Å²) in [5.74, 6) is 2.30. The first kappa shape index (κ1) is 6.47. The second kappa shape index (κ2) is 2.01. The molecule has 0 aromatic heterocycles. The molecule has 0 aromatic carbocycles. The summed E-state index contributed by atoms with van der Waals surface area (Å²) in [5.41, 5.74) is 0.795. The van der Waals surface area contributed by atoms with Gasteiger partial charge in [0.2, 0.25) is 0 Å². The summed E-state index contributed by atoms with van der Waals surface area (Å²) in [6, 6.07) is 0. The second-order valence-electron chi connectivity index (χ2n) is 4.78. The zero-order chi connectivity index (χ0) is 7.31. The normalized spacial score (nSPS) is 54.5. The van der Waals surface area contributed by atoms with E-state index in [1.54, 1.807) is 12.8 Å². The van der Waals surface area contributed by atoms with E-state index >= 15 is 0 Å². The van der Waals surface area contributed by atoms with Gasteiger partial charge in [0.05, 0.1) is 0 Å². The zero-order valence-corrected chi connectivity index (χ0v) is 7.10. The number of rotatable bonds is 0. The number of nitrogens with one attached hydrogen (secondary N) is 1. The first-order valence-electron chi connectivity index (χ1n) is 5.11. The third-order valence-electron chi connectivity index (χ3n) is 4.24. The molecule has 1 heteroatoms. The van der Waals surface area contributed by atoms with Gasteiger partial charge >= 0.3 is 0 Å². The number of fused-ring (bicyclic) bond motifs is 2. The van der Waals surface area contributed by atoms with E-state index in [-0.39, 0.29) is 0 Å². The molecule has 2 aliphatic carbocycles. The van der Waals surface area contributed by atoms with Crippen molar-refractivity contribution in [3.05, 3.63) is 0 Å². The molecule has 1 N–H and O–H groups in total. The van der Waals surface area contributed by atoms with Crippen LogP contribution in [0.2, 0.25) is 0 Å². The average Bonchev–Trinajstić information content (AvgIpc) is 2.68. The molecule has 1 spiro atoms. The molecule has 1 heterocycles. The van der Waals surface area contributed by atoms with Gasteiger partial charge in [0, 0.05) is 6.54 Å². The van der Waals surface area contributed by atoms with Crippen molar-refractivity contribution in [1.29, 1.82) is 0 Å². The van der Waals surface area contributed by atoms with Gasteiger partial charge in [0.1, 0.15) is 0 Å². The predicted molar refractivity (Wildman–Crippen MR) is 45.4 cm³/mol. The van der Waals surface area contributed by atoms with Gasteiger partial charge in [0.25, 0.3) is 0 Å². The molecule has 3 rings (SSSR count). The lowest BCUT2D eigenvalue weighted by molar-refractivity contribution is 0.193. The molecule has 0 aromatic rings. The standard InChI is InChI=1S/C10H17N/c1-2-8-6-9(8)10(3-1)4-5-11-7-10/h8-9,11H,1-7H2. The molecule has 1 saturated heterocycles. The lowest BCUT2D eigenvalue weighted by Gasteiger charge is -2.32. The molecule has 11 heavy (non-hydrogen) atoms. The maximum atomic E-state index is 3.54. The Morgan fingerprint density at radius 3 is 3.09 bits per heavy atom. The van der Waals surface area contributed by atoms with Crippen molar-refractivity contribution in [2.24, 2.45) is 17.3 Å². The first-order chi connectivity index (χ1) is 5.41. The molecule has 0 bridgehead atoms. The molecule has 0 radical (unpaired) electrons. The number of hydrogen-bond acceptors (Lipinski definition) is 1. The van der Waals surface area contributed by atoms with Crippen LogP contribution in [0.1, 0.15) is 32.1 Å². The lowest BCUT2D eigenvalue weighted by Crippen LogP contribution is -2.29. The summed E-state index contributed by atoms with van der Waals surface area (Å²) < 4.78 is 0. The largest absolute Gasteiger partial charge is 0.316 e. The molecular weight excluding hydrogens is 134 g/mol. The quantitative estimate of drug-likeness (QED) is 0.556. The van der Waals surface area contributed by atoms with Gasteiger partial charge in [-0.05, 0) is 43.1 Å². The summed E-state index contributed by atoms with van der Waals surface area (Å²) in [4.78, 5) is 0.